The number of fused-ring (bicyclic) bond motifs is 1. The Morgan fingerprint density at radius 2 is 2.33 bits per heavy atom. The van der Waals surface area contributed by atoms with Crippen LogP contribution in [0.1, 0.15) is 18.4 Å². The Labute approximate surface area is 104 Å². The lowest BCUT2D eigenvalue weighted by atomic mass is 10.2. The summed E-state index contributed by atoms with van der Waals surface area (Å²) in [5.74, 6) is 0.331. The molecule has 2 aliphatic rings. The number of nitrogens with zero attached hydrogens (tertiary/aromatic N) is 2. The van der Waals surface area contributed by atoms with E-state index in [0.29, 0.717) is 11.5 Å². The van der Waals surface area contributed by atoms with Crippen LogP contribution in [0.2, 0.25) is 0 Å². The molecule has 6 heteroatoms. The molecule has 1 fully saturated rings. The van der Waals surface area contributed by atoms with Gasteiger partial charge in [-0.2, -0.15) is 0 Å². The van der Waals surface area contributed by atoms with Gasteiger partial charge in [-0.3, -0.25) is 9.69 Å². The van der Waals surface area contributed by atoms with Crippen LogP contribution in [0.15, 0.2) is 12.3 Å². The number of carbonyl (C=O) groups is 2. The highest BCUT2D eigenvalue weighted by molar-refractivity contribution is 6.09. The zero-order chi connectivity index (χ0) is 12.7. The Bertz CT molecular complexity index is 525. The number of hydrogen-bond donors (Lipinski definition) is 2. The molecule has 0 atom stereocenters. The SMILES string of the molecule is Cc1ccnc2c1NC(=O)CN2C(=O)NC1CC1. The average molecular weight is 246 g/mol. The first-order valence-corrected chi connectivity index (χ1v) is 5.98. The third-order valence-electron chi connectivity index (χ3n) is 3.11. The van der Waals surface area contributed by atoms with E-state index in [1.807, 2.05) is 6.92 Å². The van der Waals surface area contributed by atoms with E-state index in [9.17, 15) is 9.59 Å². The van der Waals surface area contributed by atoms with Crippen LogP contribution in [-0.4, -0.2) is 29.5 Å². The first kappa shape index (κ1) is 11.0. The zero-order valence-corrected chi connectivity index (χ0v) is 10.1. The predicted octanol–water partition coefficient (Wildman–Crippen LogP) is 1.02. The monoisotopic (exact) mass is 246 g/mol. The van der Waals surface area contributed by atoms with Gasteiger partial charge in [0.25, 0.3) is 0 Å². The van der Waals surface area contributed by atoms with Crippen LogP contribution in [0.5, 0.6) is 0 Å². The van der Waals surface area contributed by atoms with E-state index in [1.165, 1.54) is 4.90 Å². The third kappa shape index (κ3) is 1.90. The van der Waals surface area contributed by atoms with Crippen molar-refractivity contribution in [3.05, 3.63) is 17.8 Å². The summed E-state index contributed by atoms with van der Waals surface area (Å²) >= 11 is 0. The predicted molar refractivity (Wildman–Crippen MR) is 66.5 cm³/mol. The van der Waals surface area contributed by atoms with E-state index >= 15 is 0 Å². The van der Waals surface area contributed by atoms with Crippen LogP contribution in [-0.2, 0) is 4.79 Å². The number of anilines is 2. The highest BCUT2D eigenvalue weighted by atomic mass is 16.2. The maximum absolute atomic E-state index is 12.1. The second kappa shape index (κ2) is 3.97. The highest BCUT2D eigenvalue weighted by Crippen LogP contribution is 2.30. The lowest BCUT2D eigenvalue weighted by Gasteiger charge is -2.28. The summed E-state index contributed by atoms with van der Waals surface area (Å²) in [6.07, 6.45) is 3.67. The van der Waals surface area contributed by atoms with Crippen LogP contribution in [0.3, 0.4) is 0 Å². The Hall–Kier alpha value is -2.11. The zero-order valence-electron chi connectivity index (χ0n) is 10.1. The topological polar surface area (TPSA) is 74.3 Å². The quantitative estimate of drug-likeness (QED) is 0.777. The average Bonchev–Trinajstić information content (AvgIpc) is 3.13. The molecule has 2 N–H and O–H groups in total. The Morgan fingerprint density at radius 1 is 1.56 bits per heavy atom. The summed E-state index contributed by atoms with van der Waals surface area (Å²) in [6.45, 7) is 1.89. The van der Waals surface area contributed by atoms with E-state index in [4.69, 9.17) is 0 Å². The largest absolute Gasteiger partial charge is 0.335 e. The van der Waals surface area contributed by atoms with Gasteiger partial charge in [-0.05, 0) is 31.4 Å². The lowest BCUT2D eigenvalue weighted by Crippen LogP contribution is -2.48. The molecule has 0 unspecified atom stereocenters. The molecule has 0 aromatic carbocycles. The minimum Gasteiger partial charge on any atom is -0.335 e. The highest BCUT2D eigenvalue weighted by Gasteiger charge is 2.32. The fraction of sp³-hybridized carbons (Fsp3) is 0.417. The molecular formula is C12H14N4O2. The summed E-state index contributed by atoms with van der Waals surface area (Å²) in [7, 11) is 0. The molecule has 2 heterocycles. The van der Waals surface area contributed by atoms with E-state index in [-0.39, 0.29) is 24.5 Å². The molecule has 0 saturated heterocycles. The van der Waals surface area contributed by atoms with Crippen molar-refractivity contribution in [1.29, 1.82) is 0 Å². The standard InChI is InChI=1S/C12H14N4O2/c1-7-4-5-13-11-10(7)15-9(17)6-16(11)12(18)14-8-2-3-8/h4-5,8H,2-3,6H2,1H3,(H,14,18)(H,15,17). The normalized spacial score (nSPS) is 18.1. The molecule has 1 aromatic rings. The van der Waals surface area contributed by atoms with Crippen LogP contribution in [0.4, 0.5) is 16.3 Å². The number of pyridine rings is 1. The van der Waals surface area contributed by atoms with E-state index in [0.717, 1.165) is 18.4 Å². The number of hydrogen-bond acceptors (Lipinski definition) is 3. The van der Waals surface area contributed by atoms with Crippen molar-refractivity contribution in [2.75, 3.05) is 16.8 Å². The molecule has 0 spiro atoms. The Balaban J connectivity index is 1.93. The van der Waals surface area contributed by atoms with Crippen molar-refractivity contribution < 1.29 is 9.59 Å². The molecule has 6 nitrogen and oxygen atoms in total. The van der Waals surface area contributed by atoms with E-state index in [2.05, 4.69) is 15.6 Å². The van der Waals surface area contributed by atoms with Gasteiger partial charge < -0.3 is 10.6 Å². The van der Waals surface area contributed by atoms with Crippen LogP contribution in [0.25, 0.3) is 0 Å². The second-order valence-electron chi connectivity index (χ2n) is 4.68. The molecule has 1 aromatic heterocycles. The summed E-state index contributed by atoms with van der Waals surface area (Å²) in [5, 5.41) is 5.63. The van der Waals surface area contributed by atoms with Gasteiger partial charge in [-0.15, -0.1) is 0 Å². The Morgan fingerprint density at radius 3 is 3.06 bits per heavy atom. The fourth-order valence-electron chi connectivity index (χ4n) is 1.95. The summed E-state index contributed by atoms with van der Waals surface area (Å²) in [5.41, 5.74) is 1.52. The van der Waals surface area contributed by atoms with Gasteiger partial charge in [0.15, 0.2) is 5.82 Å². The van der Waals surface area contributed by atoms with Gasteiger partial charge in [0.05, 0.1) is 5.69 Å². The number of carbonyl (C=O) groups excluding carboxylic acids is 2. The maximum Gasteiger partial charge on any atom is 0.323 e. The molecular weight excluding hydrogens is 232 g/mol. The maximum atomic E-state index is 12.1. The van der Waals surface area contributed by atoms with Crippen molar-refractivity contribution in [2.24, 2.45) is 0 Å². The molecule has 1 aliphatic heterocycles. The molecule has 0 bridgehead atoms. The number of urea groups is 1. The van der Waals surface area contributed by atoms with E-state index < -0.39 is 0 Å². The van der Waals surface area contributed by atoms with Gasteiger partial charge in [-0.25, -0.2) is 9.78 Å². The lowest BCUT2D eigenvalue weighted by molar-refractivity contribution is -0.115. The number of amides is 3. The number of rotatable bonds is 1. The van der Waals surface area contributed by atoms with Crippen molar-refractivity contribution in [3.63, 3.8) is 0 Å². The molecule has 3 amide bonds. The minimum absolute atomic E-state index is 0.0159. The van der Waals surface area contributed by atoms with Crippen molar-refractivity contribution in [1.82, 2.24) is 10.3 Å². The first-order valence-electron chi connectivity index (χ1n) is 5.98. The number of nitrogens with one attached hydrogen (secondary N) is 2. The van der Waals surface area contributed by atoms with Gasteiger partial charge in [0.2, 0.25) is 5.91 Å². The first-order chi connectivity index (χ1) is 8.65. The number of aromatic nitrogens is 1. The molecule has 3 rings (SSSR count). The number of aryl methyl sites for hydroxylation is 1. The van der Waals surface area contributed by atoms with E-state index in [1.54, 1.807) is 12.3 Å². The minimum atomic E-state index is -0.244. The van der Waals surface area contributed by atoms with Gasteiger partial charge in [0.1, 0.15) is 6.54 Å². The van der Waals surface area contributed by atoms with Crippen molar-refractivity contribution in [2.45, 2.75) is 25.8 Å². The molecule has 18 heavy (non-hydrogen) atoms. The van der Waals surface area contributed by atoms with Gasteiger partial charge in [0, 0.05) is 12.2 Å². The smallest absolute Gasteiger partial charge is 0.323 e. The molecule has 0 radical (unpaired) electrons. The van der Waals surface area contributed by atoms with Crippen molar-refractivity contribution in [3.8, 4) is 0 Å². The fourth-order valence-corrected chi connectivity index (χ4v) is 1.95. The van der Waals surface area contributed by atoms with Crippen LogP contribution >= 0.6 is 0 Å². The summed E-state index contributed by atoms with van der Waals surface area (Å²) in [6, 6.07) is 1.82. The molecule has 1 aliphatic carbocycles. The van der Waals surface area contributed by atoms with Gasteiger partial charge >= 0.3 is 6.03 Å². The Kier molecular flexibility index (Phi) is 2.43. The summed E-state index contributed by atoms with van der Waals surface area (Å²) < 4.78 is 0. The third-order valence-corrected chi connectivity index (χ3v) is 3.11. The second-order valence-corrected chi connectivity index (χ2v) is 4.68. The molecule has 94 valence electrons. The van der Waals surface area contributed by atoms with Gasteiger partial charge in [-0.1, -0.05) is 0 Å². The summed E-state index contributed by atoms with van der Waals surface area (Å²) in [4.78, 5) is 29.3. The van der Waals surface area contributed by atoms with Crippen LogP contribution < -0.4 is 15.5 Å². The van der Waals surface area contributed by atoms with Crippen molar-refractivity contribution >= 4 is 23.4 Å². The van der Waals surface area contributed by atoms with Crippen LogP contribution in [0, 0.1) is 6.92 Å². The molecule has 1 saturated carbocycles.